The molecule has 1 saturated heterocycles. The summed E-state index contributed by atoms with van der Waals surface area (Å²) in [5.41, 5.74) is 2.03. The molecule has 2 aromatic carbocycles. The molecule has 2 heterocycles. The fourth-order valence-electron chi connectivity index (χ4n) is 2.92. The Bertz CT molecular complexity index is 866. The Morgan fingerprint density at radius 1 is 1.08 bits per heavy atom. The minimum absolute atomic E-state index is 0.274. The molecule has 1 aliphatic heterocycles. The topological polar surface area (TPSA) is 43.2 Å². The van der Waals surface area contributed by atoms with Gasteiger partial charge in [0, 0.05) is 17.8 Å². The molecule has 7 heteroatoms. The van der Waals surface area contributed by atoms with Gasteiger partial charge in [-0.3, -0.25) is 0 Å². The average Bonchev–Trinajstić information content (AvgIpc) is 3.27. The molecule has 1 aliphatic rings. The molecule has 0 N–H and O–H groups in total. The normalized spacial score (nSPS) is 17.2. The maximum absolute atomic E-state index is 13.8. The molecule has 0 saturated carbocycles. The summed E-state index contributed by atoms with van der Waals surface area (Å²) in [5, 5.41) is 8.24. The van der Waals surface area contributed by atoms with E-state index in [1.54, 1.807) is 41.2 Å². The van der Waals surface area contributed by atoms with Gasteiger partial charge in [-0.15, -0.1) is 5.10 Å². The number of halogens is 2. The first-order valence-electron chi connectivity index (χ1n) is 7.98. The number of anilines is 1. The molecule has 3 aromatic rings. The van der Waals surface area contributed by atoms with Crippen LogP contribution >= 0.6 is 0 Å². The van der Waals surface area contributed by atoms with Crippen LogP contribution in [0.25, 0.3) is 0 Å². The van der Waals surface area contributed by atoms with Gasteiger partial charge in [-0.25, -0.2) is 13.5 Å². The van der Waals surface area contributed by atoms with E-state index in [0.29, 0.717) is 31.0 Å². The average molecular weight is 342 g/mol. The Hall–Kier alpha value is -2.80. The minimum Gasteiger partial charge on any atom is -0.350 e. The van der Waals surface area contributed by atoms with Crippen molar-refractivity contribution < 1.29 is 13.5 Å². The number of rotatable bonds is 4. The Morgan fingerprint density at radius 3 is 2.68 bits per heavy atom. The first-order valence-corrected chi connectivity index (χ1v) is 7.98. The van der Waals surface area contributed by atoms with Crippen LogP contribution in [0.2, 0.25) is 0 Å². The second-order valence-electron chi connectivity index (χ2n) is 5.83. The van der Waals surface area contributed by atoms with Gasteiger partial charge in [0.2, 0.25) is 0 Å². The Morgan fingerprint density at radius 2 is 1.88 bits per heavy atom. The summed E-state index contributed by atoms with van der Waals surface area (Å²) in [6.07, 6.45) is 1.36. The summed E-state index contributed by atoms with van der Waals surface area (Å²) in [5.74, 6) is -0.555. The van der Waals surface area contributed by atoms with Crippen LogP contribution in [0.3, 0.4) is 0 Å². The van der Waals surface area contributed by atoms with Crippen molar-refractivity contribution in [3.05, 3.63) is 77.6 Å². The zero-order chi connectivity index (χ0) is 17.2. The van der Waals surface area contributed by atoms with Crippen LogP contribution in [0.1, 0.15) is 17.5 Å². The molecule has 1 fully saturated rings. The number of hydrogen-bond acceptors (Lipinski definition) is 4. The van der Waals surface area contributed by atoms with Gasteiger partial charge in [0.25, 0.3) is 0 Å². The Labute approximate surface area is 143 Å². The highest BCUT2D eigenvalue weighted by Crippen LogP contribution is 2.31. The van der Waals surface area contributed by atoms with Crippen molar-refractivity contribution in [1.82, 2.24) is 15.0 Å². The predicted octanol–water partition coefficient (Wildman–Crippen LogP) is 3.14. The van der Waals surface area contributed by atoms with E-state index in [4.69, 9.17) is 4.74 Å². The van der Waals surface area contributed by atoms with Crippen molar-refractivity contribution in [1.29, 1.82) is 0 Å². The SMILES string of the molecule is Fc1ccc(N2CCOC2c2cn(Cc3ccccc3F)nn2)cc1. The highest BCUT2D eigenvalue weighted by atomic mass is 19.1. The van der Waals surface area contributed by atoms with E-state index in [-0.39, 0.29) is 17.9 Å². The summed E-state index contributed by atoms with van der Waals surface area (Å²) in [6, 6.07) is 12.8. The van der Waals surface area contributed by atoms with E-state index in [1.165, 1.54) is 18.2 Å². The number of benzene rings is 2. The lowest BCUT2D eigenvalue weighted by molar-refractivity contribution is 0.110. The first-order chi connectivity index (χ1) is 12.2. The molecule has 0 spiro atoms. The summed E-state index contributed by atoms with van der Waals surface area (Å²) in [6.45, 7) is 1.52. The van der Waals surface area contributed by atoms with Gasteiger partial charge in [-0.05, 0) is 30.3 Å². The Balaban J connectivity index is 1.54. The van der Waals surface area contributed by atoms with Gasteiger partial charge >= 0.3 is 0 Å². The third kappa shape index (κ3) is 3.23. The van der Waals surface area contributed by atoms with Gasteiger partial charge in [0.05, 0.1) is 19.3 Å². The largest absolute Gasteiger partial charge is 0.350 e. The minimum atomic E-state index is -0.389. The van der Waals surface area contributed by atoms with Crippen LogP contribution in [0.4, 0.5) is 14.5 Å². The van der Waals surface area contributed by atoms with Crippen molar-refractivity contribution in [3.63, 3.8) is 0 Å². The summed E-state index contributed by atoms with van der Waals surface area (Å²) in [7, 11) is 0. The first kappa shape index (κ1) is 15.7. The van der Waals surface area contributed by atoms with Gasteiger partial charge in [0.15, 0.2) is 6.23 Å². The van der Waals surface area contributed by atoms with Crippen LogP contribution in [-0.4, -0.2) is 28.1 Å². The Kier molecular flexibility index (Phi) is 4.15. The molecular formula is C18H16F2N4O. The molecule has 0 radical (unpaired) electrons. The van der Waals surface area contributed by atoms with Gasteiger partial charge < -0.3 is 9.64 Å². The molecule has 0 aliphatic carbocycles. The lowest BCUT2D eigenvalue weighted by Gasteiger charge is -2.23. The van der Waals surface area contributed by atoms with Crippen LogP contribution in [-0.2, 0) is 11.3 Å². The number of hydrogen-bond donors (Lipinski definition) is 0. The van der Waals surface area contributed by atoms with E-state index in [2.05, 4.69) is 10.3 Å². The zero-order valence-electron chi connectivity index (χ0n) is 13.3. The molecule has 128 valence electrons. The second-order valence-corrected chi connectivity index (χ2v) is 5.83. The van der Waals surface area contributed by atoms with Crippen molar-refractivity contribution in [2.45, 2.75) is 12.8 Å². The number of ether oxygens (including phenoxy) is 1. The summed E-state index contributed by atoms with van der Waals surface area (Å²) < 4.78 is 34.3. The predicted molar refractivity (Wildman–Crippen MR) is 88.0 cm³/mol. The number of nitrogens with zero attached hydrogens (tertiary/aromatic N) is 4. The fraction of sp³-hybridized carbons (Fsp3) is 0.222. The van der Waals surface area contributed by atoms with Gasteiger partial charge in [-0.2, -0.15) is 0 Å². The second kappa shape index (κ2) is 6.60. The summed E-state index contributed by atoms with van der Waals surface area (Å²) >= 11 is 0. The van der Waals surface area contributed by atoms with E-state index in [0.717, 1.165) is 5.69 Å². The zero-order valence-corrected chi connectivity index (χ0v) is 13.3. The van der Waals surface area contributed by atoms with E-state index >= 15 is 0 Å². The lowest BCUT2D eigenvalue weighted by Crippen LogP contribution is -2.23. The maximum atomic E-state index is 13.8. The fourth-order valence-corrected chi connectivity index (χ4v) is 2.92. The molecule has 1 unspecified atom stereocenters. The highest BCUT2D eigenvalue weighted by molar-refractivity contribution is 5.48. The standard InChI is InChI=1S/C18H16F2N4O/c19-14-5-7-15(8-6-14)24-9-10-25-18(24)17-12-23(22-21-17)11-13-3-1-2-4-16(13)20/h1-8,12,18H,9-11H2. The third-order valence-corrected chi connectivity index (χ3v) is 4.15. The van der Waals surface area contributed by atoms with Gasteiger partial charge in [-0.1, -0.05) is 23.4 Å². The monoisotopic (exact) mass is 342 g/mol. The molecule has 0 bridgehead atoms. The highest BCUT2D eigenvalue weighted by Gasteiger charge is 2.29. The van der Waals surface area contributed by atoms with Crippen LogP contribution in [0, 0.1) is 11.6 Å². The quantitative estimate of drug-likeness (QED) is 0.731. The van der Waals surface area contributed by atoms with Crippen LogP contribution in [0.15, 0.2) is 54.7 Å². The van der Waals surface area contributed by atoms with Crippen molar-refractivity contribution in [3.8, 4) is 0 Å². The molecule has 25 heavy (non-hydrogen) atoms. The van der Waals surface area contributed by atoms with Crippen molar-refractivity contribution >= 4 is 5.69 Å². The van der Waals surface area contributed by atoms with E-state index in [9.17, 15) is 8.78 Å². The molecule has 1 atom stereocenters. The van der Waals surface area contributed by atoms with Crippen molar-refractivity contribution in [2.75, 3.05) is 18.1 Å². The van der Waals surface area contributed by atoms with E-state index < -0.39 is 0 Å². The molecule has 1 aromatic heterocycles. The van der Waals surface area contributed by atoms with Crippen LogP contribution < -0.4 is 4.90 Å². The van der Waals surface area contributed by atoms with Gasteiger partial charge in [0.1, 0.15) is 17.3 Å². The summed E-state index contributed by atoms with van der Waals surface area (Å²) in [4.78, 5) is 2.00. The molecule has 4 rings (SSSR count). The lowest BCUT2D eigenvalue weighted by atomic mass is 10.2. The molecule has 5 nitrogen and oxygen atoms in total. The maximum Gasteiger partial charge on any atom is 0.177 e. The van der Waals surface area contributed by atoms with Crippen LogP contribution in [0.5, 0.6) is 0 Å². The van der Waals surface area contributed by atoms with E-state index in [1.807, 2.05) is 4.90 Å². The van der Waals surface area contributed by atoms with Crippen molar-refractivity contribution in [2.24, 2.45) is 0 Å². The molecule has 0 amide bonds. The third-order valence-electron chi connectivity index (χ3n) is 4.15. The smallest absolute Gasteiger partial charge is 0.177 e. The number of aromatic nitrogens is 3. The molecular weight excluding hydrogens is 326 g/mol.